The predicted octanol–water partition coefficient (Wildman–Crippen LogP) is 2.61. The van der Waals surface area contributed by atoms with Crippen LogP contribution < -0.4 is 9.47 Å². The summed E-state index contributed by atoms with van der Waals surface area (Å²) in [6, 6.07) is 5.81. The number of fused-ring (bicyclic) bond motifs is 1. The Bertz CT molecular complexity index is 471. The highest BCUT2D eigenvalue weighted by atomic mass is 16.5. The average molecular weight is 291 g/mol. The summed E-state index contributed by atoms with van der Waals surface area (Å²) in [5.74, 6) is 1.76. The molecule has 0 aromatic heterocycles. The Morgan fingerprint density at radius 1 is 1.10 bits per heavy atom. The summed E-state index contributed by atoms with van der Waals surface area (Å²) in [5.41, 5.74) is 0.922. The standard InChI is InChI=1S/C17H25NO3/c1-13(12-18-7-2-3-8-18)17(19)14-5-6-15-16(11-14)21-10-4-9-20-15/h5-6,11,13,17,19H,2-4,7-10,12H2,1H3. The first-order valence-corrected chi connectivity index (χ1v) is 8.04. The van der Waals surface area contributed by atoms with E-state index in [-0.39, 0.29) is 5.92 Å². The van der Waals surface area contributed by atoms with Gasteiger partial charge in [-0.15, -0.1) is 0 Å². The van der Waals surface area contributed by atoms with Crippen molar-refractivity contribution in [1.29, 1.82) is 0 Å². The van der Waals surface area contributed by atoms with E-state index in [2.05, 4.69) is 11.8 Å². The molecule has 1 fully saturated rings. The van der Waals surface area contributed by atoms with Gasteiger partial charge in [-0.3, -0.25) is 0 Å². The van der Waals surface area contributed by atoms with Crippen molar-refractivity contribution in [3.8, 4) is 11.5 Å². The number of likely N-dealkylation sites (tertiary alicyclic amines) is 1. The third kappa shape index (κ3) is 3.50. The molecule has 2 unspecified atom stereocenters. The van der Waals surface area contributed by atoms with Crippen molar-refractivity contribution in [2.24, 2.45) is 5.92 Å². The number of benzene rings is 1. The SMILES string of the molecule is CC(CN1CCCC1)C(O)c1ccc2c(c1)OCCCO2. The average Bonchev–Trinajstić information content (AvgIpc) is 2.89. The molecule has 4 heteroatoms. The Hall–Kier alpha value is -1.26. The Morgan fingerprint density at radius 3 is 2.57 bits per heavy atom. The van der Waals surface area contributed by atoms with E-state index in [1.54, 1.807) is 0 Å². The van der Waals surface area contributed by atoms with Crippen molar-refractivity contribution >= 4 is 0 Å². The molecule has 1 saturated heterocycles. The molecule has 0 spiro atoms. The molecule has 0 saturated carbocycles. The van der Waals surface area contributed by atoms with Crippen LogP contribution >= 0.6 is 0 Å². The van der Waals surface area contributed by atoms with E-state index in [1.807, 2.05) is 18.2 Å². The van der Waals surface area contributed by atoms with Crippen LogP contribution in [0.5, 0.6) is 11.5 Å². The van der Waals surface area contributed by atoms with Crippen LogP contribution in [-0.2, 0) is 0 Å². The van der Waals surface area contributed by atoms with E-state index in [9.17, 15) is 5.11 Å². The zero-order valence-electron chi connectivity index (χ0n) is 12.8. The quantitative estimate of drug-likeness (QED) is 0.926. The maximum Gasteiger partial charge on any atom is 0.161 e. The molecule has 1 N–H and O–H groups in total. The molecule has 1 aromatic carbocycles. The molecule has 0 bridgehead atoms. The summed E-state index contributed by atoms with van der Waals surface area (Å²) in [5, 5.41) is 10.6. The zero-order chi connectivity index (χ0) is 14.7. The van der Waals surface area contributed by atoms with Gasteiger partial charge in [0.1, 0.15) is 0 Å². The highest BCUT2D eigenvalue weighted by molar-refractivity contribution is 5.44. The summed E-state index contributed by atoms with van der Waals surface area (Å²) in [7, 11) is 0. The van der Waals surface area contributed by atoms with E-state index in [4.69, 9.17) is 9.47 Å². The lowest BCUT2D eigenvalue weighted by molar-refractivity contribution is 0.0943. The Kier molecular flexibility index (Phi) is 4.66. The van der Waals surface area contributed by atoms with Gasteiger partial charge in [0.15, 0.2) is 11.5 Å². The maximum absolute atomic E-state index is 10.6. The molecule has 2 heterocycles. The number of hydrogen-bond donors (Lipinski definition) is 1. The Morgan fingerprint density at radius 2 is 1.81 bits per heavy atom. The van der Waals surface area contributed by atoms with Gasteiger partial charge in [-0.25, -0.2) is 0 Å². The van der Waals surface area contributed by atoms with Crippen LogP contribution in [0.15, 0.2) is 18.2 Å². The fourth-order valence-electron chi connectivity index (χ4n) is 3.16. The van der Waals surface area contributed by atoms with E-state index < -0.39 is 6.10 Å². The summed E-state index contributed by atoms with van der Waals surface area (Å²) in [6.45, 7) is 6.77. The largest absolute Gasteiger partial charge is 0.490 e. The van der Waals surface area contributed by atoms with Crippen LogP contribution in [0.1, 0.15) is 37.9 Å². The highest BCUT2D eigenvalue weighted by Gasteiger charge is 2.22. The van der Waals surface area contributed by atoms with Gasteiger partial charge in [-0.1, -0.05) is 13.0 Å². The minimum atomic E-state index is -0.456. The molecule has 1 aromatic rings. The van der Waals surface area contributed by atoms with Gasteiger partial charge < -0.3 is 19.5 Å². The van der Waals surface area contributed by atoms with E-state index in [0.29, 0.717) is 13.2 Å². The van der Waals surface area contributed by atoms with Crippen LogP contribution in [0, 0.1) is 5.92 Å². The van der Waals surface area contributed by atoms with Crippen LogP contribution in [0.4, 0.5) is 0 Å². The molecule has 0 aliphatic carbocycles. The summed E-state index contributed by atoms with van der Waals surface area (Å²) >= 11 is 0. The van der Waals surface area contributed by atoms with Crippen molar-refractivity contribution in [2.75, 3.05) is 32.8 Å². The van der Waals surface area contributed by atoms with Crippen LogP contribution in [0.2, 0.25) is 0 Å². The minimum Gasteiger partial charge on any atom is -0.490 e. The molecule has 0 amide bonds. The second kappa shape index (κ2) is 6.67. The third-order valence-electron chi connectivity index (χ3n) is 4.40. The molecule has 2 aliphatic rings. The van der Waals surface area contributed by atoms with Crippen LogP contribution in [-0.4, -0.2) is 42.9 Å². The van der Waals surface area contributed by atoms with Crippen molar-refractivity contribution in [2.45, 2.75) is 32.3 Å². The first-order valence-electron chi connectivity index (χ1n) is 8.04. The number of aliphatic hydroxyl groups is 1. The smallest absolute Gasteiger partial charge is 0.161 e. The highest BCUT2D eigenvalue weighted by Crippen LogP contribution is 2.34. The number of hydrogen-bond acceptors (Lipinski definition) is 4. The fourth-order valence-corrected chi connectivity index (χ4v) is 3.16. The van der Waals surface area contributed by atoms with Gasteiger partial charge >= 0.3 is 0 Å². The molecule has 0 radical (unpaired) electrons. The summed E-state index contributed by atoms with van der Waals surface area (Å²) in [6.07, 6.45) is 3.01. The fraction of sp³-hybridized carbons (Fsp3) is 0.647. The number of nitrogens with zero attached hydrogens (tertiary/aromatic N) is 1. The first-order chi connectivity index (χ1) is 10.2. The molecule has 2 aliphatic heterocycles. The predicted molar refractivity (Wildman–Crippen MR) is 81.8 cm³/mol. The molecule has 3 rings (SSSR count). The molecule has 116 valence electrons. The van der Waals surface area contributed by atoms with Gasteiger partial charge in [0.25, 0.3) is 0 Å². The normalized spacial score (nSPS) is 21.8. The van der Waals surface area contributed by atoms with Gasteiger partial charge in [0.2, 0.25) is 0 Å². The van der Waals surface area contributed by atoms with Crippen LogP contribution in [0.3, 0.4) is 0 Å². The maximum atomic E-state index is 10.6. The molecule has 21 heavy (non-hydrogen) atoms. The molecular weight excluding hydrogens is 266 g/mol. The van der Waals surface area contributed by atoms with E-state index >= 15 is 0 Å². The lowest BCUT2D eigenvalue weighted by atomic mass is 9.96. The Balaban J connectivity index is 1.68. The second-order valence-corrected chi connectivity index (χ2v) is 6.19. The number of rotatable bonds is 4. The van der Waals surface area contributed by atoms with Gasteiger partial charge in [0, 0.05) is 13.0 Å². The van der Waals surface area contributed by atoms with Gasteiger partial charge in [-0.05, 0) is 49.5 Å². The minimum absolute atomic E-state index is 0.216. The lowest BCUT2D eigenvalue weighted by Crippen LogP contribution is -2.28. The van der Waals surface area contributed by atoms with Crippen molar-refractivity contribution in [3.05, 3.63) is 23.8 Å². The number of aliphatic hydroxyl groups excluding tert-OH is 1. The zero-order valence-corrected chi connectivity index (χ0v) is 12.8. The molecule has 2 atom stereocenters. The van der Waals surface area contributed by atoms with Crippen LogP contribution in [0.25, 0.3) is 0 Å². The van der Waals surface area contributed by atoms with Gasteiger partial charge in [-0.2, -0.15) is 0 Å². The third-order valence-corrected chi connectivity index (χ3v) is 4.40. The lowest BCUT2D eigenvalue weighted by Gasteiger charge is -2.25. The van der Waals surface area contributed by atoms with Crippen molar-refractivity contribution < 1.29 is 14.6 Å². The van der Waals surface area contributed by atoms with E-state index in [1.165, 1.54) is 12.8 Å². The number of ether oxygens (including phenoxy) is 2. The molecular formula is C17H25NO3. The second-order valence-electron chi connectivity index (χ2n) is 6.19. The van der Waals surface area contributed by atoms with Crippen molar-refractivity contribution in [1.82, 2.24) is 4.90 Å². The van der Waals surface area contributed by atoms with Gasteiger partial charge in [0.05, 0.1) is 19.3 Å². The summed E-state index contributed by atoms with van der Waals surface area (Å²) in [4.78, 5) is 2.44. The molecule has 4 nitrogen and oxygen atoms in total. The monoisotopic (exact) mass is 291 g/mol. The Labute approximate surface area is 126 Å². The first kappa shape index (κ1) is 14.7. The summed E-state index contributed by atoms with van der Waals surface area (Å²) < 4.78 is 11.3. The topological polar surface area (TPSA) is 41.9 Å². The van der Waals surface area contributed by atoms with Crippen molar-refractivity contribution in [3.63, 3.8) is 0 Å². The van der Waals surface area contributed by atoms with E-state index in [0.717, 1.165) is 43.1 Å².